The minimum Gasteiger partial charge on any atom is -0.504 e. The lowest BCUT2D eigenvalue weighted by Crippen LogP contribution is -2.41. The van der Waals surface area contributed by atoms with Crippen LogP contribution in [0.4, 0.5) is 10.2 Å². The Hall–Kier alpha value is -2.99. The fourth-order valence-electron chi connectivity index (χ4n) is 4.10. The monoisotopic (exact) mass is 363 g/mol. The highest BCUT2D eigenvalue weighted by Gasteiger charge is 2.66. The van der Waals surface area contributed by atoms with E-state index in [1.807, 2.05) is 24.3 Å². The molecule has 3 N–H and O–H groups in total. The Kier molecular flexibility index (Phi) is 3.30. The number of aromatic hydroxyl groups is 1. The fraction of sp³-hybridized carbons (Fsp3) is 0.238. The van der Waals surface area contributed by atoms with Gasteiger partial charge in [-0.2, -0.15) is 0 Å². The van der Waals surface area contributed by atoms with Gasteiger partial charge in [0.1, 0.15) is 5.69 Å². The molecular weight excluding hydrogens is 345 g/mol. The van der Waals surface area contributed by atoms with E-state index in [1.165, 1.54) is 6.08 Å². The third-order valence-electron chi connectivity index (χ3n) is 5.79. The molecule has 0 radical (unpaired) electrons. The van der Waals surface area contributed by atoms with Crippen molar-refractivity contribution < 1.29 is 14.6 Å². The molecule has 0 spiro atoms. The second-order valence-corrected chi connectivity index (χ2v) is 7.38. The summed E-state index contributed by atoms with van der Waals surface area (Å²) in [4.78, 5) is 0. The van der Waals surface area contributed by atoms with Crippen LogP contribution in [0.1, 0.15) is 18.4 Å². The highest BCUT2D eigenvalue weighted by atomic mass is 19.1. The number of hydrogen-bond donors (Lipinski definition) is 3. The van der Waals surface area contributed by atoms with Crippen molar-refractivity contribution in [2.45, 2.75) is 24.5 Å². The Morgan fingerprint density at radius 3 is 2.59 bits per heavy atom. The maximum atomic E-state index is 14.3. The molecule has 2 aromatic carbocycles. The van der Waals surface area contributed by atoms with E-state index in [9.17, 15) is 14.6 Å². The fourth-order valence-corrected chi connectivity index (χ4v) is 4.10. The van der Waals surface area contributed by atoms with Gasteiger partial charge in [-0.15, -0.1) is 10.2 Å². The summed E-state index contributed by atoms with van der Waals surface area (Å²) < 4.78 is 14.3. The van der Waals surface area contributed by atoms with Crippen LogP contribution in [0.2, 0.25) is 0 Å². The topological polar surface area (TPSA) is 78.3 Å². The van der Waals surface area contributed by atoms with Crippen LogP contribution in [0.3, 0.4) is 0 Å². The summed E-state index contributed by atoms with van der Waals surface area (Å²) in [6.45, 7) is 3.55. The van der Waals surface area contributed by atoms with Gasteiger partial charge < -0.3 is 15.5 Å². The van der Waals surface area contributed by atoms with Crippen molar-refractivity contribution in [2.24, 2.45) is 5.92 Å². The average molecular weight is 363 g/mol. The number of nitrogens with zero attached hydrogens (tertiary/aromatic N) is 2. The molecular formula is C21H18FN3O2. The zero-order valence-corrected chi connectivity index (χ0v) is 14.5. The standard InChI is InChI=1S/C21H18FN3O2/c1-2-11-7-8-14(19(26)17(11)22)18-12-5-3-4-6-13(12)20(25-24-18)23-16-10-21(27)9-15(16)21/h2-8,15-16,26-27H,1,9-10H2,(H,23,25)/t15?,16?,21-/m1/s1. The Labute approximate surface area is 155 Å². The van der Waals surface area contributed by atoms with Gasteiger partial charge >= 0.3 is 0 Å². The molecule has 6 heteroatoms. The molecule has 1 heterocycles. The number of benzene rings is 2. The Morgan fingerprint density at radius 1 is 1.15 bits per heavy atom. The lowest BCUT2D eigenvalue weighted by molar-refractivity contribution is 0.0609. The Bertz CT molecular complexity index is 1100. The number of anilines is 1. The van der Waals surface area contributed by atoms with Crippen LogP contribution >= 0.6 is 0 Å². The molecule has 27 heavy (non-hydrogen) atoms. The van der Waals surface area contributed by atoms with E-state index in [-0.39, 0.29) is 23.1 Å². The number of phenolic OH excluding ortho intramolecular Hbond substituents is 1. The molecule has 0 aliphatic heterocycles. The first-order chi connectivity index (χ1) is 13.0. The molecule has 3 atom stereocenters. The molecule has 0 saturated heterocycles. The highest BCUT2D eigenvalue weighted by Crippen LogP contribution is 2.60. The first kappa shape index (κ1) is 16.2. The number of aromatic nitrogens is 2. The quantitative estimate of drug-likeness (QED) is 0.658. The van der Waals surface area contributed by atoms with Crippen LogP contribution in [0.5, 0.6) is 5.75 Å². The van der Waals surface area contributed by atoms with Gasteiger partial charge in [0.2, 0.25) is 0 Å². The summed E-state index contributed by atoms with van der Waals surface area (Å²) in [6.07, 6.45) is 2.90. The molecule has 2 saturated carbocycles. The lowest BCUT2D eigenvalue weighted by Gasteiger charge is -2.31. The predicted octanol–water partition coefficient (Wildman–Crippen LogP) is 3.72. The van der Waals surface area contributed by atoms with Gasteiger partial charge in [-0.25, -0.2) is 4.39 Å². The van der Waals surface area contributed by atoms with E-state index in [1.54, 1.807) is 12.1 Å². The van der Waals surface area contributed by atoms with Crippen LogP contribution < -0.4 is 5.32 Å². The number of rotatable bonds is 4. The highest BCUT2D eigenvalue weighted by molar-refractivity contribution is 6.01. The van der Waals surface area contributed by atoms with E-state index in [4.69, 9.17) is 0 Å². The third kappa shape index (κ3) is 2.33. The van der Waals surface area contributed by atoms with Crippen molar-refractivity contribution in [2.75, 3.05) is 5.32 Å². The van der Waals surface area contributed by atoms with Gasteiger partial charge in [-0.1, -0.05) is 43.0 Å². The van der Waals surface area contributed by atoms with Gasteiger partial charge in [-0.3, -0.25) is 0 Å². The molecule has 1 aromatic heterocycles. The second-order valence-electron chi connectivity index (χ2n) is 7.38. The number of halogens is 1. The van der Waals surface area contributed by atoms with E-state index in [2.05, 4.69) is 22.1 Å². The smallest absolute Gasteiger partial charge is 0.172 e. The first-order valence-corrected chi connectivity index (χ1v) is 8.90. The normalized spacial score (nSPS) is 25.6. The van der Waals surface area contributed by atoms with Crippen LogP contribution in [-0.4, -0.2) is 32.1 Å². The lowest BCUT2D eigenvalue weighted by atomic mass is 9.89. The summed E-state index contributed by atoms with van der Waals surface area (Å²) in [5.41, 5.74) is 0.457. The summed E-state index contributed by atoms with van der Waals surface area (Å²) in [5.74, 6) is -0.272. The zero-order valence-electron chi connectivity index (χ0n) is 14.5. The molecule has 5 nitrogen and oxygen atoms in total. The summed E-state index contributed by atoms with van der Waals surface area (Å²) in [5, 5.41) is 33.9. The van der Waals surface area contributed by atoms with Crippen molar-refractivity contribution in [3.63, 3.8) is 0 Å². The molecule has 0 bridgehead atoms. The van der Waals surface area contributed by atoms with Gasteiger partial charge in [0.05, 0.1) is 5.60 Å². The molecule has 0 amide bonds. The van der Waals surface area contributed by atoms with Crippen molar-refractivity contribution in [3.8, 4) is 17.0 Å². The summed E-state index contributed by atoms with van der Waals surface area (Å²) in [7, 11) is 0. The Balaban J connectivity index is 1.60. The maximum absolute atomic E-state index is 14.3. The number of nitrogens with one attached hydrogen (secondary N) is 1. The molecule has 2 aliphatic carbocycles. The van der Waals surface area contributed by atoms with Gasteiger partial charge in [0, 0.05) is 33.9 Å². The minimum atomic E-state index is -0.724. The second kappa shape index (κ2) is 5.50. The van der Waals surface area contributed by atoms with Crippen LogP contribution in [0.15, 0.2) is 43.0 Å². The van der Waals surface area contributed by atoms with Crippen molar-refractivity contribution in [1.29, 1.82) is 0 Å². The maximum Gasteiger partial charge on any atom is 0.172 e. The van der Waals surface area contributed by atoms with Crippen LogP contribution in [-0.2, 0) is 0 Å². The number of hydrogen-bond acceptors (Lipinski definition) is 5. The van der Waals surface area contributed by atoms with E-state index in [0.717, 1.165) is 17.2 Å². The molecule has 3 aromatic rings. The molecule has 2 aliphatic rings. The van der Waals surface area contributed by atoms with Crippen molar-refractivity contribution in [1.82, 2.24) is 10.2 Å². The van der Waals surface area contributed by atoms with Gasteiger partial charge in [0.25, 0.3) is 0 Å². The zero-order chi connectivity index (χ0) is 18.8. The molecule has 2 fully saturated rings. The number of aliphatic hydroxyl groups is 1. The number of phenols is 1. The molecule has 136 valence electrons. The van der Waals surface area contributed by atoms with Crippen molar-refractivity contribution >= 4 is 22.7 Å². The van der Waals surface area contributed by atoms with Crippen LogP contribution in [0, 0.1) is 11.7 Å². The summed E-state index contributed by atoms with van der Waals surface area (Å²) in [6, 6.07) is 10.9. The number of fused-ring (bicyclic) bond motifs is 2. The first-order valence-electron chi connectivity index (χ1n) is 8.90. The van der Waals surface area contributed by atoms with Crippen molar-refractivity contribution in [3.05, 3.63) is 54.4 Å². The summed E-state index contributed by atoms with van der Waals surface area (Å²) >= 11 is 0. The average Bonchev–Trinajstić information content (AvgIpc) is 3.24. The third-order valence-corrected chi connectivity index (χ3v) is 5.79. The minimum absolute atomic E-state index is 0.191. The van der Waals surface area contributed by atoms with E-state index < -0.39 is 17.2 Å². The predicted molar refractivity (Wildman–Crippen MR) is 102 cm³/mol. The SMILES string of the molecule is C=Cc1ccc(-c2nnc(NC3C[C@]4(O)CC34)c3ccccc23)c(O)c1F. The van der Waals surface area contributed by atoms with E-state index in [0.29, 0.717) is 17.9 Å². The van der Waals surface area contributed by atoms with E-state index >= 15 is 0 Å². The van der Waals surface area contributed by atoms with Crippen LogP contribution in [0.25, 0.3) is 28.1 Å². The van der Waals surface area contributed by atoms with Gasteiger partial charge in [0.15, 0.2) is 17.4 Å². The van der Waals surface area contributed by atoms with Gasteiger partial charge in [-0.05, 0) is 18.9 Å². The molecule has 5 rings (SSSR count). The Morgan fingerprint density at radius 2 is 1.93 bits per heavy atom. The molecule has 2 unspecified atom stereocenters. The largest absolute Gasteiger partial charge is 0.504 e.